The van der Waals surface area contributed by atoms with Crippen molar-refractivity contribution in [1.29, 1.82) is 0 Å². The number of hydrogen-bond donors (Lipinski definition) is 2. The number of ketones is 1. The predicted molar refractivity (Wildman–Crippen MR) is 138 cm³/mol. The van der Waals surface area contributed by atoms with Crippen molar-refractivity contribution in [3.05, 3.63) is 48.0 Å². The molecule has 0 aliphatic heterocycles. The minimum Gasteiger partial charge on any atom is -0.481 e. The maximum absolute atomic E-state index is 12.8. The molecule has 2 atom stereocenters. The van der Waals surface area contributed by atoms with Gasteiger partial charge < -0.3 is 19.7 Å². The molecule has 0 spiro atoms. The van der Waals surface area contributed by atoms with Gasteiger partial charge in [-0.05, 0) is 79.5 Å². The zero-order chi connectivity index (χ0) is 27.7. The molecule has 0 bridgehead atoms. The highest BCUT2D eigenvalue weighted by Gasteiger charge is 2.35. The van der Waals surface area contributed by atoms with Crippen molar-refractivity contribution in [3.8, 4) is 5.75 Å². The fraction of sp³-hybridized carbons (Fsp3) is 0.464. The van der Waals surface area contributed by atoms with Crippen LogP contribution in [0.15, 0.2) is 42.5 Å². The number of halogens is 3. The Bertz CT molecular complexity index is 1320. The molecule has 3 aromatic rings. The molecule has 38 heavy (non-hydrogen) atoms. The molecule has 0 radical (unpaired) electrons. The normalized spacial score (nSPS) is 19.3. The molecule has 0 saturated heterocycles. The first-order valence-corrected chi connectivity index (χ1v) is 12.7. The number of aliphatic carboxylic acids is 1. The summed E-state index contributed by atoms with van der Waals surface area (Å²) in [6.45, 7) is 6.69. The number of Topliss-reactive ketones (excluding diaryl/α,β-unsaturated/α-hetero) is 1. The molecule has 204 valence electrons. The average Bonchev–Trinajstić information content (AvgIpc) is 3.14. The zero-order valence-corrected chi connectivity index (χ0v) is 21.6. The number of fused-ring (bicyclic) bond motifs is 1. The van der Waals surface area contributed by atoms with Crippen LogP contribution in [-0.2, 0) is 4.79 Å². The standard InChI is InChI=1S/C28H32F3N3O4/c1-17-13-20(16-27(2,3)15-17)34-23-14-18(24(35)5-4-6-25(36)37)7-12-22(23)33-26(34)32-19-8-10-21(11-9-19)38-28(29,30)31/h7-12,14,17,20H,4-6,13,15-16H2,1-3H3,(H,32,33)(H,36,37)/t17-,20+/m0/s1. The quantitative estimate of drug-likeness (QED) is 0.278. The smallest absolute Gasteiger partial charge is 0.481 e. The third kappa shape index (κ3) is 6.85. The monoisotopic (exact) mass is 531 g/mol. The van der Waals surface area contributed by atoms with Gasteiger partial charge in [-0.3, -0.25) is 9.59 Å². The van der Waals surface area contributed by atoms with Gasteiger partial charge >= 0.3 is 12.3 Å². The molecule has 2 aromatic carbocycles. The Morgan fingerprint density at radius 2 is 1.84 bits per heavy atom. The third-order valence-corrected chi connectivity index (χ3v) is 6.88. The number of benzene rings is 2. The summed E-state index contributed by atoms with van der Waals surface area (Å²) in [5.41, 5.74) is 2.60. The van der Waals surface area contributed by atoms with Crippen LogP contribution in [0.5, 0.6) is 5.75 Å². The van der Waals surface area contributed by atoms with Crippen LogP contribution in [0.4, 0.5) is 24.8 Å². The Morgan fingerprint density at radius 3 is 2.47 bits per heavy atom. The molecular weight excluding hydrogens is 499 g/mol. The van der Waals surface area contributed by atoms with Crippen molar-refractivity contribution >= 4 is 34.4 Å². The summed E-state index contributed by atoms with van der Waals surface area (Å²) in [5.74, 6) is -0.379. The minimum absolute atomic E-state index is 0.0676. The van der Waals surface area contributed by atoms with Crippen LogP contribution in [0.2, 0.25) is 0 Å². The lowest BCUT2D eigenvalue weighted by molar-refractivity contribution is -0.274. The van der Waals surface area contributed by atoms with Gasteiger partial charge in [0.05, 0.1) is 11.0 Å². The highest BCUT2D eigenvalue weighted by Crippen LogP contribution is 2.46. The molecule has 0 amide bonds. The van der Waals surface area contributed by atoms with E-state index in [-0.39, 0.29) is 42.3 Å². The fourth-order valence-corrected chi connectivity index (χ4v) is 5.63. The van der Waals surface area contributed by atoms with Crippen LogP contribution >= 0.6 is 0 Å². The van der Waals surface area contributed by atoms with E-state index < -0.39 is 12.3 Å². The Kier molecular flexibility index (Phi) is 7.71. The number of ether oxygens (including phenoxy) is 1. The largest absolute Gasteiger partial charge is 0.573 e. The Balaban J connectivity index is 1.70. The highest BCUT2D eigenvalue weighted by molar-refractivity contribution is 5.99. The number of nitrogens with one attached hydrogen (secondary N) is 1. The first-order chi connectivity index (χ1) is 17.8. The molecule has 10 heteroatoms. The molecule has 1 aliphatic carbocycles. The molecule has 4 rings (SSSR count). The number of carbonyl (C=O) groups is 2. The summed E-state index contributed by atoms with van der Waals surface area (Å²) in [7, 11) is 0. The molecule has 1 aromatic heterocycles. The maximum atomic E-state index is 12.8. The molecular formula is C28H32F3N3O4. The second-order valence-corrected chi connectivity index (χ2v) is 10.9. The summed E-state index contributed by atoms with van der Waals surface area (Å²) < 4.78 is 43.7. The van der Waals surface area contributed by atoms with Gasteiger partial charge in [0.15, 0.2) is 5.78 Å². The highest BCUT2D eigenvalue weighted by atomic mass is 19.4. The van der Waals surface area contributed by atoms with Crippen LogP contribution in [0.25, 0.3) is 11.0 Å². The van der Waals surface area contributed by atoms with Crippen LogP contribution in [0.3, 0.4) is 0 Å². The van der Waals surface area contributed by atoms with Crippen molar-refractivity contribution in [2.24, 2.45) is 11.3 Å². The Hall–Kier alpha value is -3.56. The van der Waals surface area contributed by atoms with Crippen LogP contribution in [0, 0.1) is 11.3 Å². The third-order valence-electron chi connectivity index (χ3n) is 6.88. The first kappa shape index (κ1) is 27.5. The number of carboxylic acids is 1. The van der Waals surface area contributed by atoms with Gasteiger partial charge in [0.1, 0.15) is 5.75 Å². The van der Waals surface area contributed by atoms with E-state index in [0.29, 0.717) is 28.6 Å². The van der Waals surface area contributed by atoms with Crippen LogP contribution in [-0.4, -0.2) is 32.8 Å². The molecule has 1 heterocycles. The molecule has 1 fully saturated rings. The van der Waals surface area contributed by atoms with Gasteiger partial charge in [-0.15, -0.1) is 13.2 Å². The summed E-state index contributed by atoms with van der Waals surface area (Å²) >= 11 is 0. The number of aromatic nitrogens is 2. The summed E-state index contributed by atoms with van der Waals surface area (Å²) in [6, 6.07) is 10.8. The second-order valence-electron chi connectivity index (χ2n) is 10.9. The molecule has 1 saturated carbocycles. The lowest BCUT2D eigenvalue weighted by atomic mass is 9.70. The summed E-state index contributed by atoms with van der Waals surface area (Å²) in [4.78, 5) is 28.4. The topological polar surface area (TPSA) is 93.5 Å². The molecule has 2 N–H and O–H groups in total. The summed E-state index contributed by atoms with van der Waals surface area (Å²) in [6.07, 6.45) is -1.53. The number of anilines is 2. The fourth-order valence-electron chi connectivity index (χ4n) is 5.63. The van der Waals surface area contributed by atoms with E-state index in [1.807, 2.05) is 6.07 Å². The zero-order valence-electron chi connectivity index (χ0n) is 21.6. The first-order valence-electron chi connectivity index (χ1n) is 12.7. The van der Waals surface area contributed by atoms with Crippen molar-refractivity contribution in [2.45, 2.75) is 71.7 Å². The van der Waals surface area contributed by atoms with Gasteiger partial charge in [-0.2, -0.15) is 0 Å². The number of rotatable bonds is 9. The minimum atomic E-state index is -4.77. The van der Waals surface area contributed by atoms with Crippen molar-refractivity contribution in [1.82, 2.24) is 9.55 Å². The van der Waals surface area contributed by atoms with E-state index in [2.05, 4.69) is 35.4 Å². The number of alkyl halides is 3. The Labute approximate surface area is 219 Å². The molecule has 1 aliphatic rings. The Morgan fingerprint density at radius 1 is 1.13 bits per heavy atom. The number of carboxylic acid groups (broad SMARTS) is 1. The lowest BCUT2D eigenvalue weighted by Crippen LogP contribution is -2.29. The van der Waals surface area contributed by atoms with Crippen LogP contribution in [0.1, 0.15) is 75.7 Å². The van der Waals surface area contributed by atoms with Crippen molar-refractivity contribution < 1.29 is 32.6 Å². The van der Waals surface area contributed by atoms with Gasteiger partial charge in [0.2, 0.25) is 5.95 Å². The molecule has 7 nitrogen and oxygen atoms in total. The number of hydrogen-bond acceptors (Lipinski definition) is 5. The van der Waals surface area contributed by atoms with Crippen molar-refractivity contribution in [3.63, 3.8) is 0 Å². The van der Waals surface area contributed by atoms with Crippen LogP contribution < -0.4 is 10.1 Å². The number of nitrogens with zero attached hydrogens (tertiary/aromatic N) is 2. The number of carbonyl (C=O) groups excluding carboxylic acids is 1. The molecule has 0 unspecified atom stereocenters. The predicted octanol–water partition coefficient (Wildman–Crippen LogP) is 7.50. The van der Waals surface area contributed by atoms with Gasteiger partial charge in [0, 0.05) is 30.1 Å². The second kappa shape index (κ2) is 10.7. The van der Waals surface area contributed by atoms with E-state index >= 15 is 0 Å². The van der Waals surface area contributed by atoms with E-state index in [4.69, 9.17) is 10.1 Å². The lowest BCUT2D eigenvalue weighted by Gasteiger charge is -2.40. The van der Waals surface area contributed by atoms with E-state index in [1.54, 1.807) is 12.1 Å². The van der Waals surface area contributed by atoms with Gasteiger partial charge in [-0.25, -0.2) is 4.98 Å². The average molecular weight is 532 g/mol. The van der Waals surface area contributed by atoms with E-state index in [1.165, 1.54) is 24.3 Å². The number of imidazole rings is 1. The maximum Gasteiger partial charge on any atom is 0.573 e. The van der Waals surface area contributed by atoms with Crippen molar-refractivity contribution in [2.75, 3.05) is 5.32 Å². The SMILES string of the molecule is C[C@H]1C[C@@H](n2c(Nc3ccc(OC(F)(F)F)cc3)nc3ccc(C(=O)CCCC(=O)O)cc32)CC(C)(C)C1. The van der Waals surface area contributed by atoms with E-state index in [0.717, 1.165) is 24.8 Å². The summed E-state index contributed by atoms with van der Waals surface area (Å²) in [5, 5.41) is 12.1. The van der Waals surface area contributed by atoms with E-state index in [9.17, 15) is 22.8 Å². The van der Waals surface area contributed by atoms with Gasteiger partial charge in [-0.1, -0.05) is 20.8 Å². The van der Waals surface area contributed by atoms with Gasteiger partial charge in [0.25, 0.3) is 0 Å².